The van der Waals surface area contributed by atoms with Crippen molar-refractivity contribution >= 4 is 10.9 Å². The molecule has 114 valence electrons. The first-order valence-electron chi connectivity index (χ1n) is 7.83. The van der Waals surface area contributed by atoms with E-state index in [0.717, 1.165) is 49.4 Å². The molecule has 0 aliphatic rings. The number of unbranched alkanes of at least 4 members (excludes halogenated alkanes) is 1. The molecular weight excluding hydrogens is 260 g/mol. The van der Waals surface area contributed by atoms with E-state index in [2.05, 4.69) is 39.0 Å². The Bertz CT molecular complexity index is 593. The van der Waals surface area contributed by atoms with E-state index in [-0.39, 0.29) is 0 Å². The molecule has 0 bridgehead atoms. The topological polar surface area (TPSA) is 48.1 Å². The summed E-state index contributed by atoms with van der Waals surface area (Å²) in [6.07, 6.45) is 3.16. The molecule has 0 saturated heterocycles. The van der Waals surface area contributed by atoms with E-state index in [1.165, 1.54) is 10.9 Å². The van der Waals surface area contributed by atoms with E-state index < -0.39 is 0 Å². The maximum Gasteiger partial charge on any atom is 0.120 e. The van der Waals surface area contributed by atoms with Gasteiger partial charge in [0.1, 0.15) is 5.75 Å². The second kappa shape index (κ2) is 7.41. The number of hydrogen-bond donors (Lipinski definition) is 1. The molecule has 0 radical (unpaired) electrons. The highest BCUT2D eigenvalue weighted by molar-refractivity contribution is 5.83. The summed E-state index contributed by atoms with van der Waals surface area (Å²) in [7, 11) is 0. The minimum atomic E-state index is 0.532. The molecule has 0 atom stereocenters. The summed E-state index contributed by atoms with van der Waals surface area (Å²) in [5.74, 6) is 1.46. The number of benzene rings is 1. The molecule has 1 heterocycles. The predicted octanol–water partition coefficient (Wildman–Crippen LogP) is 3.86. The first kappa shape index (κ1) is 15.8. The van der Waals surface area contributed by atoms with Gasteiger partial charge in [0.05, 0.1) is 12.1 Å². The molecule has 0 saturated carbocycles. The lowest BCUT2D eigenvalue weighted by atomic mass is 10.1. The number of pyridine rings is 1. The van der Waals surface area contributed by atoms with Gasteiger partial charge in [-0.15, -0.1) is 0 Å². The number of nitrogens with two attached hydrogens (primary N) is 1. The van der Waals surface area contributed by atoms with E-state index in [4.69, 9.17) is 15.5 Å². The fraction of sp³-hybridized carbons (Fsp3) is 0.500. The van der Waals surface area contributed by atoms with Gasteiger partial charge in [0, 0.05) is 11.1 Å². The van der Waals surface area contributed by atoms with Crippen LogP contribution in [0.2, 0.25) is 0 Å². The van der Waals surface area contributed by atoms with Crippen LogP contribution >= 0.6 is 0 Å². The first-order valence-corrected chi connectivity index (χ1v) is 7.83. The molecule has 0 aliphatic carbocycles. The van der Waals surface area contributed by atoms with Crippen molar-refractivity contribution in [2.24, 2.45) is 11.7 Å². The third-order valence-corrected chi connectivity index (χ3v) is 3.51. The van der Waals surface area contributed by atoms with E-state index >= 15 is 0 Å². The summed E-state index contributed by atoms with van der Waals surface area (Å²) >= 11 is 0. The fourth-order valence-corrected chi connectivity index (χ4v) is 2.37. The van der Waals surface area contributed by atoms with E-state index in [1.54, 1.807) is 0 Å². The molecule has 3 heteroatoms. The second-order valence-electron chi connectivity index (χ2n) is 6.06. The van der Waals surface area contributed by atoms with Crippen molar-refractivity contribution in [3.8, 4) is 5.75 Å². The fourth-order valence-electron chi connectivity index (χ4n) is 2.37. The quantitative estimate of drug-likeness (QED) is 0.786. The van der Waals surface area contributed by atoms with Crippen LogP contribution in [0.1, 0.15) is 37.9 Å². The van der Waals surface area contributed by atoms with Crippen molar-refractivity contribution in [3.63, 3.8) is 0 Å². The largest absolute Gasteiger partial charge is 0.493 e. The normalized spacial score (nSPS) is 11.3. The van der Waals surface area contributed by atoms with Gasteiger partial charge >= 0.3 is 0 Å². The van der Waals surface area contributed by atoms with E-state index in [1.807, 2.05) is 6.07 Å². The lowest BCUT2D eigenvalue weighted by Crippen LogP contribution is -2.04. The summed E-state index contributed by atoms with van der Waals surface area (Å²) in [6.45, 7) is 7.95. The van der Waals surface area contributed by atoms with Gasteiger partial charge in [-0.1, -0.05) is 13.8 Å². The SMILES string of the molecule is Cc1cc(CCCCN)nc2ccc(OCC(C)C)cc12. The molecule has 2 aromatic rings. The molecule has 0 amide bonds. The van der Waals surface area contributed by atoms with Crippen LogP contribution in [0.5, 0.6) is 5.75 Å². The predicted molar refractivity (Wildman–Crippen MR) is 88.8 cm³/mol. The number of nitrogens with zero attached hydrogens (tertiary/aromatic N) is 1. The van der Waals surface area contributed by atoms with Crippen LogP contribution in [0.25, 0.3) is 10.9 Å². The molecule has 1 aromatic heterocycles. The monoisotopic (exact) mass is 286 g/mol. The number of aromatic nitrogens is 1. The maximum atomic E-state index is 5.80. The second-order valence-corrected chi connectivity index (χ2v) is 6.06. The summed E-state index contributed by atoms with van der Waals surface area (Å²) in [5.41, 5.74) is 9.01. The van der Waals surface area contributed by atoms with Crippen molar-refractivity contribution < 1.29 is 4.74 Å². The minimum absolute atomic E-state index is 0.532. The molecule has 3 nitrogen and oxygen atoms in total. The smallest absolute Gasteiger partial charge is 0.120 e. The van der Waals surface area contributed by atoms with Crippen LogP contribution in [0.15, 0.2) is 24.3 Å². The average Bonchev–Trinajstić information content (AvgIpc) is 2.45. The zero-order chi connectivity index (χ0) is 15.2. The Labute approximate surface area is 127 Å². The Morgan fingerprint density at radius 3 is 2.71 bits per heavy atom. The van der Waals surface area contributed by atoms with Crippen molar-refractivity contribution in [1.82, 2.24) is 4.98 Å². The number of ether oxygens (including phenoxy) is 1. The number of fused-ring (bicyclic) bond motifs is 1. The minimum Gasteiger partial charge on any atom is -0.493 e. The van der Waals surface area contributed by atoms with Gasteiger partial charge in [-0.2, -0.15) is 0 Å². The van der Waals surface area contributed by atoms with Crippen molar-refractivity contribution in [2.45, 2.75) is 40.0 Å². The molecule has 1 aromatic carbocycles. The van der Waals surface area contributed by atoms with Gasteiger partial charge in [-0.3, -0.25) is 4.98 Å². The Morgan fingerprint density at radius 2 is 2.00 bits per heavy atom. The van der Waals surface area contributed by atoms with Crippen molar-refractivity contribution in [2.75, 3.05) is 13.2 Å². The Kier molecular flexibility index (Phi) is 5.57. The first-order chi connectivity index (χ1) is 10.1. The molecule has 21 heavy (non-hydrogen) atoms. The van der Waals surface area contributed by atoms with Crippen LogP contribution < -0.4 is 10.5 Å². The van der Waals surface area contributed by atoms with E-state index in [0.29, 0.717) is 5.92 Å². The Balaban J connectivity index is 2.19. The number of aryl methyl sites for hydroxylation is 2. The molecule has 0 spiro atoms. The lowest BCUT2D eigenvalue weighted by Gasteiger charge is -2.11. The highest BCUT2D eigenvalue weighted by Gasteiger charge is 2.05. The van der Waals surface area contributed by atoms with Gasteiger partial charge in [-0.05, 0) is 68.5 Å². The van der Waals surface area contributed by atoms with Crippen molar-refractivity contribution in [1.29, 1.82) is 0 Å². The zero-order valence-electron chi connectivity index (χ0n) is 13.4. The van der Waals surface area contributed by atoms with Gasteiger partial charge in [0.2, 0.25) is 0 Å². The van der Waals surface area contributed by atoms with Crippen LogP contribution in [-0.4, -0.2) is 18.1 Å². The third-order valence-electron chi connectivity index (χ3n) is 3.51. The van der Waals surface area contributed by atoms with Gasteiger partial charge in [0.25, 0.3) is 0 Å². The zero-order valence-corrected chi connectivity index (χ0v) is 13.4. The number of hydrogen-bond acceptors (Lipinski definition) is 3. The van der Waals surface area contributed by atoms with Gasteiger partial charge < -0.3 is 10.5 Å². The van der Waals surface area contributed by atoms with Crippen LogP contribution in [0.3, 0.4) is 0 Å². The number of rotatable bonds is 7. The summed E-state index contributed by atoms with van der Waals surface area (Å²) < 4.78 is 5.80. The maximum absolute atomic E-state index is 5.80. The molecular formula is C18H26N2O. The Hall–Kier alpha value is -1.61. The standard InChI is InChI=1S/C18H26N2O/c1-13(2)12-21-16-7-8-18-17(11-16)14(3)10-15(20-18)6-4-5-9-19/h7-8,10-11,13H,4-6,9,12,19H2,1-3H3. The Morgan fingerprint density at radius 1 is 1.19 bits per heavy atom. The van der Waals surface area contributed by atoms with Crippen LogP contribution in [0.4, 0.5) is 0 Å². The van der Waals surface area contributed by atoms with E-state index in [9.17, 15) is 0 Å². The summed E-state index contributed by atoms with van der Waals surface area (Å²) in [4.78, 5) is 4.75. The summed E-state index contributed by atoms with van der Waals surface area (Å²) in [6, 6.07) is 8.36. The van der Waals surface area contributed by atoms with Crippen molar-refractivity contribution in [3.05, 3.63) is 35.5 Å². The van der Waals surface area contributed by atoms with Gasteiger partial charge in [0.15, 0.2) is 0 Å². The molecule has 2 N–H and O–H groups in total. The average molecular weight is 286 g/mol. The highest BCUT2D eigenvalue weighted by Crippen LogP contribution is 2.24. The summed E-state index contributed by atoms with van der Waals surface area (Å²) in [5, 5.41) is 1.18. The highest BCUT2D eigenvalue weighted by atomic mass is 16.5. The van der Waals surface area contributed by atoms with Crippen LogP contribution in [0, 0.1) is 12.8 Å². The molecule has 0 unspecified atom stereocenters. The third kappa shape index (κ3) is 4.43. The van der Waals surface area contributed by atoms with Gasteiger partial charge in [-0.25, -0.2) is 0 Å². The van der Waals surface area contributed by atoms with Crippen LogP contribution in [-0.2, 0) is 6.42 Å². The molecule has 0 aliphatic heterocycles. The molecule has 0 fully saturated rings. The lowest BCUT2D eigenvalue weighted by molar-refractivity contribution is 0.271. The molecule has 2 rings (SSSR count).